The Hall–Kier alpha value is -2.70. The van der Waals surface area contributed by atoms with Crippen LogP contribution in [0.3, 0.4) is 0 Å². The number of halogens is 1. The molecule has 7 heteroatoms. The molecular formula is C19H22FN3O3. The normalized spacial score (nSPS) is 18.0. The number of aromatic nitrogens is 1. The van der Waals surface area contributed by atoms with Gasteiger partial charge in [-0.3, -0.25) is 9.59 Å². The van der Waals surface area contributed by atoms with Crippen molar-refractivity contribution in [3.8, 4) is 0 Å². The lowest BCUT2D eigenvalue weighted by Crippen LogP contribution is -2.45. The van der Waals surface area contributed by atoms with E-state index in [1.54, 1.807) is 30.0 Å². The summed E-state index contributed by atoms with van der Waals surface area (Å²) in [6.45, 7) is 4.13. The first kappa shape index (κ1) is 18.1. The van der Waals surface area contributed by atoms with E-state index < -0.39 is 6.04 Å². The van der Waals surface area contributed by atoms with Crippen LogP contribution in [0.25, 0.3) is 0 Å². The van der Waals surface area contributed by atoms with Crippen LogP contribution in [-0.4, -0.2) is 34.5 Å². The molecule has 1 fully saturated rings. The Morgan fingerprint density at radius 1 is 1.38 bits per heavy atom. The zero-order chi connectivity index (χ0) is 18.7. The standard InChI is InChI=1S/C19H22FN3O3/c1-12(10-14-5-7-15(20)8-6-14)19(25)23-9-3-4-16(23)18(24)21-17-11-13(2)26-22-17/h5-8,11-12,16H,3-4,9-10H2,1-2H3,(H,21,22,24)/t12?,16-/m0/s1. The Balaban J connectivity index is 1.63. The summed E-state index contributed by atoms with van der Waals surface area (Å²) in [5, 5.41) is 6.46. The van der Waals surface area contributed by atoms with E-state index in [1.807, 2.05) is 6.92 Å². The fraction of sp³-hybridized carbons (Fsp3) is 0.421. The molecule has 2 atom stereocenters. The highest BCUT2D eigenvalue weighted by Gasteiger charge is 2.36. The molecule has 6 nitrogen and oxygen atoms in total. The number of likely N-dealkylation sites (tertiary alicyclic amines) is 1. The van der Waals surface area contributed by atoms with Gasteiger partial charge in [0.1, 0.15) is 17.6 Å². The minimum absolute atomic E-state index is 0.0664. The van der Waals surface area contributed by atoms with E-state index in [0.717, 1.165) is 12.0 Å². The quantitative estimate of drug-likeness (QED) is 0.891. The van der Waals surface area contributed by atoms with Gasteiger partial charge in [0.15, 0.2) is 5.82 Å². The highest BCUT2D eigenvalue weighted by Crippen LogP contribution is 2.23. The van der Waals surface area contributed by atoms with Crippen molar-refractivity contribution in [2.45, 2.75) is 39.2 Å². The van der Waals surface area contributed by atoms with Gasteiger partial charge in [0.2, 0.25) is 11.8 Å². The number of hydrogen-bond acceptors (Lipinski definition) is 4. The molecule has 2 amide bonds. The second-order valence-corrected chi connectivity index (χ2v) is 6.73. The molecule has 3 rings (SSSR count). The summed E-state index contributed by atoms with van der Waals surface area (Å²) in [5.41, 5.74) is 0.894. The van der Waals surface area contributed by atoms with E-state index in [-0.39, 0.29) is 23.5 Å². The predicted molar refractivity (Wildman–Crippen MR) is 93.9 cm³/mol. The highest BCUT2D eigenvalue weighted by atomic mass is 19.1. The first-order valence-electron chi connectivity index (χ1n) is 8.73. The third kappa shape index (κ3) is 4.09. The topological polar surface area (TPSA) is 75.4 Å². The number of rotatable bonds is 5. The second-order valence-electron chi connectivity index (χ2n) is 6.73. The van der Waals surface area contributed by atoms with Gasteiger partial charge in [-0.2, -0.15) is 0 Å². The maximum absolute atomic E-state index is 13.0. The Morgan fingerprint density at radius 3 is 2.77 bits per heavy atom. The van der Waals surface area contributed by atoms with E-state index in [0.29, 0.717) is 31.0 Å². The van der Waals surface area contributed by atoms with Gasteiger partial charge in [0.25, 0.3) is 0 Å². The van der Waals surface area contributed by atoms with Crippen LogP contribution in [0, 0.1) is 18.7 Å². The van der Waals surface area contributed by atoms with Crippen LogP contribution in [0.2, 0.25) is 0 Å². The van der Waals surface area contributed by atoms with Crippen molar-refractivity contribution in [3.05, 3.63) is 47.5 Å². The van der Waals surface area contributed by atoms with Crippen LogP contribution in [0.4, 0.5) is 10.2 Å². The molecule has 1 aromatic carbocycles. The van der Waals surface area contributed by atoms with Gasteiger partial charge in [-0.15, -0.1) is 0 Å². The van der Waals surface area contributed by atoms with E-state index in [1.165, 1.54) is 12.1 Å². The first-order valence-corrected chi connectivity index (χ1v) is 8.73. The number of benzene rings is 1. The Bertz CT molecular complexity index is 788. The number of anilines is 1. The lowest BCUT2D eigenvalue weighted by Gasteiger charge is -2.26. The van der Waals surface area contributed by atoms with Gasteiger partial charge in [0, 0.05) is 18.5 Å². The summed E-state index contributed by atoms with van der Waals surface area (Å²) in [6, 6.07) is 7.27. The largest absolute Gasteiger partial charge is 0.360 e. The zero-order valence-electron chi connectivity index (χ0n) is 14.9. The molecule has 1 N–H and O–H groups in total. The van der Waals surface area contributed by atoms with Crippen LogP contribution in [0.15, 0.2) is 34.9 Å². The average molecular weight is 359 g/mol. The van der Waals surface area contributed by atoms with Crippen molar-refractivity contribution in [2.24, 2.45) is 5.92 Å². The van der Waals surface area contributed by atoms with E-state index in [4.69, 9.17) is 4.52 Å². The summed E-state index contributed by atoms with van der Waals surface area (Å²) in [6.07, 6.45) is 1.91. The Labute approximate surface area is 151 Å². The second kappa shape index (κ2) is 7.68. The van der Waals surface area contributed by atoms with E-state index in [2.05, 4.69) is 10.5 Å². The van der Waals surface area contributed by atoms with Crippen molar-refractivity contribution in [1.82, 2.24) is 10.1 Å². The zero-order valence-corrected chi connectivity index (χ0v) is 14.9. The number of amides is 2. The number of nitrogens with zero attached hydrogens (tertiary/aromatic N) is 2. The molecule has 0 aliphatic carbocycles. The SMILES string of the molecule is Cc1cc(NC(=O)[C@@H]2CCCN2C(=O)C(C)Cc2ccc(F)cc2)no1. The van der Waals surface area contributed by atoms with Crippen LogP contribution >= 0.6 is 0 Å². The maximum atomic E-state index is 13.0. The van der Waals surface area contributed by atoms with Crippen LogP contribution in [-0.2, 0) is 16.0 Å². The number of carbonyl (C=O) groups excluding carboxylic acids is 2. The monoisotopic (exact) mass is 359 g/mol. The molecule has 2 aromatic rings. The minimum Gasteiger partial charge on any atom is -0.360 e. The highest BCUT2D eigenvalue weighted by molar-refractivity contribution is 5.97. The van der Waals surface area contributed by atoms with E-state index in [9.17, 15) is 14.0 Å². The van der Waals surface area contributed by atoms with Crippen LogP contribution in [0.1, 0.15) is 31.1 Å². The van der Waals surface area contributed by atoms with E-state index >= 15 is 0 Å². The summed E-state index contributed by atoms with van der Waals surface area (Å²) in [5.74, 6) is 0.0513. The smallest absolute Gasteiger partial charge is 0.248 e. The molecule has 0 radical (unpaired) electrons. The lowest BCUT2D eigenvalue weighted by molar-refractivity contribution is -0.139. The van der Waals surface area contributed by atoms with Crippen LogP contribution < -0.4 is 5.32 Å². The average Bonchev–Trinajstić information content (AvgIpc) is 3.25. The molecular weight excluding hydrogens is 337 g/mol. The molecule has 1 aliphatic heterocycles. The molecule has 0 spiro atoms. The van der Waals surface area contributed by atoms with Crippen molar-refractivity contribution < 1.29 is 18.5 Å². The fourth-order valence-corrected chi connectivity index (χ4v) is 3.28. The van der Waals surface area contributed by atoms with Crippen molar-refractivity contribution in [3.63, 3.8) is 0 Å². The van der Waals surface area contributed by atoms with Crippen molar-refractivity contribution >= 4 is 17.6 Å². The van der Waals surface area contributed by atoms with Crippen molar-refractivity contribution in [1.29, 1.82) is 0 Å². The summed E-state index contributed by atoms with van der Waals surface area (Å²) in [7, 11) is 0. The molecule has 0 saturated carbocycles. The molecule has 0 bridgehead atoms. The number of nitrogens with one attached hydrogen (secondary N) is 1. The molecule has 1 unspecified atom stereocenters. The molecule has 1 aromatic heterocycles. The lowest BCUT2D eigenvalue weighted by atomic mass is 9.99. The third-order valence-electron chi connectivity index (χ3n) is 4.59. The number of hydrogen-bond donors (Lipinski definition) is 1. The number of aryl methyl sites for hydroxylation is 1. The van der Waals surface area contributed by atoms with Gasteiger partial charge < -0.3 is 14.7 Å². The number of carbonyl (C=O) groups is 2. The third-order valence-corrected chi connectivity index (χ3v) is 4.59. The molecule has 26 heavy (non-hydrogen) atoms. The van der Waals surface area contributed by atoms with Gasteiger partial charge in [0.05, 0.1) is 0 Å². The summed E-state index contributed by atoms with van der Waals surface area (Å²) >= 11 is 0. The molecule has 138 valence electrons. The van der Waals surface area contributed by atoms with Crippen LogP contribution in [0.5, 0.6) is 0 Å². The predicted octanol–water partition coefficient (Wildman–Crippen LogP) is 2.93. The van der Waals surface area contributed by atoms with Gasteiger partial charge >= 0.3 is 0 Å². The first-order chi connectivity index (χ1) is 12.4. The van der Waals surface area contributed by atoms with Gasteiger partial charge in [-0.1, -0.05) is 24.2 Å². The van der Waals surface area contributed by atoms with Gasteiger partial charge in [-0.05, 0) is 43.9 Å². The molecule has 1 saturated heterocycles. The summed E-state index contributed by atoms with van der Waals surface area (Å²) < 4.78 is 18.0. The Morgan fingerprint density at radius 2 is 2.12 bits per heavy atom. The minimum atomic E-state index is -0.504. The van der Waals surface area contributed by atoms with Crippen molar-refractivity contribution in [2.75, 3.05) is 11.9 Å². The molecule has 1 aliphatic rings. The fourth-order valence-electron chi connectivity index (χ4n) is 3.28. The summed E-state index contributed by atoms with van der Waals surface area (Å²) in [4.78, 5) is 27.0. The molecule has 2 heterocycles. The maximum Gasteiger partial charge on any atom is 0.248 e. The van der Waals surface area contributed by atoms with Gasteiger partial charge in [-0.25, -0.2) is 4.39 Å². The Kier molecular flexibility index (Phi) is 5.35.